The second-order valence-corrected chi connectivity index (χ2v) is 10.0. The Hall–Kier alpha value is -0.410. The second-order valence-electron chi connectivity index (χ2n) is 10.0. The molecule has 0 aliphatic rings. The van der Waals surface area contributed by atoms with Gasteiger partial charge in [-0.3, -0.25) is 4.79 Å². The Labute approximate surface area is 202 Å². The van der Waals surface area contributed by atoms with Gasteiger partial charge in [-0.15, -0.1) is 0 Å². The van der Waals surface area contributed by atoms with Gasteiger partial charge >= 0.3 is 0 Å². The van der Waals surface area contributed by atoms with Crippen LogP contribution in [0.3, 0.4) is 0 Å². The van der Waals surface area contributed by atoms with Crippen molar-refractivity contribution in [3.8, 4) is 0 Å². The van der Waals surface area contributed by atoms with Crippen LogP contribution in [-0.2, 0) is 4.79 Å². The number of rotatable bonds is 27. The molecule has 0 bridgehead atoms. The van der Waals surface area contributed by atoms with Crippen molar-refractivity contribution in [2.75, 3.05) is 26.2 Å². The van der Waals surface area contributed by atoms with Crippen molar-refractivity contribution in [1.82, 2.24) is 4.90 Å². The Morgan fingerprint density at radius 2 is 0.844 bits per heavy atom. The lowest BCUT2D eigenvalue weighted by molar-refractivity contribution is -0.119. The Morgan fingerprint density at radius 3 is 1.25 bits per heavy atom. The standard InChI is InChI=1S/C29H60N2O/c1-3-5-7-9-11-12-14-18-23-29(32)24-19-15-13-17-21-27-31(28-22-25-30)26-20-16-10-8-6-4-2/h3-28,30H2,1-2H3. The zero-order chi connectivity index (χ0) is 23.5. The first kappa shape index (κ1) is 31.6. The Balaban J connectivity index is 3.55. The van der Waals surface area contributed by atoms with Gasteiger partial charge in [-0.1, -0.05) is 110 Å². The van der Waals surface area contributed by atoms with Crippen LogP contribution >= 0.6 is 0 Å². The van der Waals surface area contributed by atoms with Crippen LogP contribution in [0.1, 0.15) is 155 Å². The number of unbranched alkanes of at least 4 members (excludes halogenated alkanes) is 16. The van der Waals surface area contributed by atoms with Crippen LogP contribution in [0.4, 0.5) is 0 Å². The van der Waals surface area contributed by atoms with E-state index in [0.717, 1.165) is 38.6 Å². The van der Waals surface area contributed by atoms with E-state index < -0.39 is 0 Å². The fraction of sp³-hybridized carbons (Fsp3) is 0.966. The molecule has 32 heavy (non-hydrogen) atoms. The second kappa shape index (κ2) is 26.8. The predicted molar refractivity (Wildman–Crippen MR) is 143 cm³/mol. The summed E-state index contributed by atoms with van der Waals surface area (Å²) in [5, 5.41) is 0. The lowest BCUT2D eigenvalue weighted by Crippen LogP contribution is -2.28. The van der Waals surface area contributed by atoms with Crippen LogP contribution in [0.2, 0.25) is 0 Å². The number of hydrogen-bond donors (Lipinski definition) is 1. The number of carbonyl (C=O) groups is 1. The van der Waals surface area contributed by atoms with Gasteiger partial charge in [0.2, 0.25) is 0 Å². The summed E-state index contributed by atoms with van der Waals surface area (Å²) in [5.41, 5.74) is 5.73. The average molecular weight is 453 g/mol. The van der Waals surface area contributed by atoms with Gasteiger partial charge in [0.05, 0.1) is 0 Å². The third-order valence-electron chi connectivity index (χ3n) is 6.75. The van der Waals surface area contributed by atoms with Crippen LogP contribution in [0.25, 0.3) is 0 Å². The first-order valence-electron chi connectivity index (χ1n) is 14.7. The highest BCUT2D eigenvalue weighted by atomic mass is 16.1. The Bertz CT molecular complexity index is 372. The molecule has 3 heteroatoms. The number of ketones is 1. The molecule has 0 atom stereocenters. The normalized spacial score (nSPS) is 11.5. The maximum absolute atomic E-state index is 12.1. The Morgan fingerprint density at radius 1 is 0.500 bits per heavy atom. The van der Waals surface area contributed by atoms with Gasteiger partial charge in [0.1, 0.15) is 5.78 Å². The SMILES string of the molecule is CCCCCCCCCCC(=O)CCCCCCCN(CCCN)CCCCCCCC. The highest BCUT2D eigenvalue weighted by molar-refractivity contribution is 5.78. The molecule has 2 N–H and O–H groups in total. The van der Waals surface area contributed by atoms with Crippen molar-refractivity contribution in [1.29, 1.82) is 0 Å². The smallest absolute Gasteiger partial charge is 0.132 e. The molecule has 3 nitrogen and oxygen atoms in total. The van der Waals surface area contributed by atoms with Crippen molar-refractivity contribution in [3.05, 3.63) is 0 Å². The minimum atomic E-state index is 0.503. The molecular weight excluding hydrogens is 392 g/mol. The molecule has 0 saturated carbocycles. The molecule has 0 fully saturated rings. The molecule has 0 rings (SSSR count). The third kappa shape index (κ3) is 24.2. The van der Waals surface area contributed by atoms with Crippen LogP contribution in [0.5, 0.6) is 0 Å². The van der Waals surface area contributed by atoms with E-state index in [4.69, 9.17) is 5.73 Å². The number of carbonyl (C=O) groups excluding carboxylic acids is 1. The summed E-state index contributed by atoms with van der Waals surface area (Å²) in [6, 6.07) is 0. The van der Waals surface area contributed by atoms with E-state index in [1.807, 2.05) is 0 Å². The lowest BCUT2D eigenvalue weighted by Gasteiger charge is -2.22. The monoisotopic (exact) mass is 452 g/mol. The van der Waals surface area contributed by atoms with E-state index in [0.29, 0.717) is 5.78 Å². The molecule has 192 valence electrons. The molecule has 0 unspecified atom stereocenters. The molecule has 0 aliphatic heterocycles. The number of hydrogen-bond acceptors (Lipinski definition) is 3. The van der Waals surface area contributed by atoms with Crippen LogP contribution in [0.15, 0.2) is 0 Å². The summed E-state index contributed by atoms with van der Waals surface area (Å²) in [4.78, 5) is 14.7. The Kier molecular flexibility index (Phi) is 26.5. The minimum Gasteiger partial charge on any atom is -0.330 e. The summed E-state index contributed by atoms with van der Waals surface area (Å²) < 4.78 is 0. The topological polar surface area (TPSA) is 46.3 Å². The highest BCUT2D eigenvalue weighted by Crippen LogP contribution is 2.13. The summed E-state index contributed by atoms with van der Waals surface area (Å²) >= 11 is 0. The van der Waals surface area contributed by atoms with E-state index >= 15 is 0 Å². The summed E-state index contributed by atoms with van der Waals surface area (Å²) in [6.07, 6.45) is 27.7. The third-order valence-corrected chi connectivity index (χ3v) is 6.75. The molecule has 0 radical (unpaired) electrons. The van der Waals surface area contributed by atoms with E-state index in [2.05, 4.69) is 18.7 Å². The van der Waals surface area contributed by atoms with Gasteiger partial charge in [0.15, 0.2) is 0 Å². The van der Waals surface area contributed by atoms with Crippen molar-refractivity contribution in [2.45, 2.75) is 155 Å². The number of nitrogens with two attached hydrogens (primary N) is 1. The summed E-state index contributed by atoms with van der Waals surface area (Å²) in [5.74, 6) is 0.503. The van der Waals surface area contributed by atoms with Crippen molar-refractivity contribution < 1.29 is 4.79 Å². The lowest BCUT2D eigenvalue weighted by atomic mass is 10.0. The van der Waals surface area contributed by atoms with Crippen LogP contribution in [-0.4, -0.2) is 36.9 Å². The number of Topliss-reactive ketones (excluding diaryl/α,β-unsaturated/α-hetero) is 1. The maximum atomic E-state index is 12.1. The van der Waals surface area contributed by atoms with E-state index in [-0.39, 0.29) is 0 Å². The molecule has 0 spiro atoms. The molecular formula is C29H60N2O. The average Bonchev–Trinajstić information content (AvgIpc) is 2.80. The highest BCUT2D eigenvalue weighted by Gasteiger charge is 2.05. The van der Waals surface area contributed by atoms with E-state index in [1.54, 1.807) is 0 Å². The molecule has 0 aliphatic carbocycles. The van der Waals surface area contributed by atoms with E-state index in [9.17, 15) is 4.79 Å². The quantitative estimate of drug-likeness (QED) is 0.127. The van der Waals surface area contributed by atoms with E-state index in [1.165, 1.54) is 129 Å². The molecule has 0 aromatic carbocycles. The predicted octanol–water partition coefficient (Wildman–Crippen LogP) is 8.44. The first-order valence-corrected chi connectivity index (χ1v) is 14.7. The van der Waals surface area contributed by atoms with Crippen LogP contribution in [0, 0.1) is 0 Å². The molecule has 0 aromatic heterocycles. The fourth-order valence-corrected chi connectivity index (χ4v) is 4.54. The number of nitrogens with zero attached hydrogens (tertiary/aromatic N) is 1. The van der Waals surface area contributed by atoms with Gasteiger partial charge in [0.25, 0.3) is 0 Å². The van der Waals surface area contributed by atoms with Crippen molar-refractivity contribution >= 4 is 5.78 Å². The zero-order valence-electron chi connectivity index (χ0n) is 22.3. The molecule has 0 amide bonds. The van der Waals surface area contributed by atoms with Crippen molar-refractivity contribution in [3.63, 3.8) is 0 Å². The van der Waals surface area contributed by atoms with Gasteiger partial charge in [-0.25, -0.2) is 0 Å². The van der Waals surface area contributed by atoms with Crippen LogP contribution < -0.4 is 5.73 Å². The summed E-state index contributed by atoms with van der Waals surface area (Å²) in [7, 11) is 0. The summed E-state index contributed by atoms with van der Waals surface area (Å²) in [6.45, 7) is 9.00. The maximum Gasteiger partial charge on any atom is 0.132 e. The van der Waals surface area contributed by atoms with Gasteiger partial charge in [-0.05, 0) is 58.3 Å². The molecule has 0 aromatic rings. The van der Waals surface area contributed by atoms with Gasteiger partial charge in [-0.2, -0.15) is 0 Å². The van der Waals surface area contributed by atoms with Gasteiger partial charge < -0.3 is 10.6 Å². The first-order chi connectivity index (χ1) is 15.7. The molecule has 0 saturated heterocycles. The minimum absolute atomic E-state index is 0.503. The van der Waals surface area contributed by atoms with Crippen molar-refractivity contribution in [2.24, 2.45) is 5.73 Å². The largest absolute Gasteiger partial charge is 0.330 e. The fourth-order valence-electron chi connectivity index (χ4n) is 4.54. The van der Waals surface area contributed by atoms with Gasteiger partial charge in [0, 0.05) is 12.8 Å². The zero-order valence-corrected chi connectivity index (χ0v) is 22.3. The molecule has 0 heterocycles.